The average Bonchev–Trinajstić information content (AvgIpc) is 3.39. The van der Waals surface area contributed by atoms with Gasteiger partial charge in [0.25, 0.3) is 0 Å². The quantitative estimate of drug-likeness (QED) is 0.596. The number of thioether (sulfide) groups is 1. The normalized spacial score (nSPS) is 19.2. The topological polar surface area (TPSA) is 85.8 Å². The van der Waals surface area contributed by atoms with Gasteiger partial charge in [0.2, 0.25) is 5.91 Å². The molecule has 0 saturated heterocycles. The Morgan fingerprint density at radius 2 is 2.07 bits per heavy atom. The number of pyridine rings is 1. The van der Waals surface area contributed by atoms with Crippen molar-refractivity contribution in [3.05, 3.63) is 48.7 Å². The zero-order chi connectivity index (χ0) is 20.1. The molecule has 2 atom stereocenters. The van der Waals surface area contributed by atoms with E-state index in [0.717, 1.165) is 23.6 Å². The largest absolute Gasteiger partial charge is 0.467 e. The van der Waals surface area contributed by atoms with E-state index in [0.29, 0.717) is 23.4 Å². The molecule has 152 valence electrons. The van der Waals surface area contributed by atoms with E-state index in [4.69, 9.17) is 4.42 Å². The van der Waals surface area contributed by atoms with E-state index >= 15 is 0 Å². The number of amides is 1. The molecule has 1 saturated carbocycles. The van der Waals surface area contributed by atoms with Crippen LogP contribution in [-0.4, -0.2) is 37.5 Å². The third kappa shape index (κ3) is 4.87. The lowest BCUT2D eigenvalue weighted by Crippen LogP contribution is -2.41. The molecule has 1 aliphatic carbocycles. The molecular formula is C21H25N5O2S. The molecule has 8 heteroatoms. The highest BCUT2D eigenvalue weighted by atomic mass is 32.2. The Balaban J connectivity index is 1.48. The van der Waals surface area contributed by atoms with Crippen molar-refractivity contribution in [3.8, 4) is 11.4 Å². The number of carbonyl (C=O) groups is 1. The molecule has 7 nitrogen and oxygen atoms in total. The first kappa shape index (κ1) is 19.7. The smallest absolute Gasteiger partial charge is 0.230 e. The van der Waals surface area contributed by atoms with Gasteiger partial charge in [0.1, 0.15) is 5.76 Å². The maximum Gasteiger partial charge on any atom is 0.230 e. The first-order valence-corrected chi connectivity index (χ1v) is 11.0. The SMILES string of the molecule is C[C@H]1CCCC[C@H]1NC(=O)CSc1nnc(-c2ccncc2)n1Cc1ccco1. The lowest BCUT2D eigenvalue weighted by atomic mass is 9.86. The number of aromatic nitrogens is 4. The number of rotatable bonds is 7. The Morgan fingerprint density at radius 1 is 1.24 bits per heavy atom. The summed E-state index contributed by atoms with van der Waals surface area (Å²) < 4.78 is 7.49. The summed E-state index contributed by atoms with van der Waals surface area (Å²) in [6.45, 7) is 2.72. The third-order valence-corrected chi connectivity index (χ3v) is 6.31. The molecule has 0 unspecified atom stereocenters. The van der Waals surface area contributed by atoms with Gasteiger partial charge in [-0.05, 0) is 43.0 Å². The lowest BCUT2D eigenvalue weighted by Gasteiger charge is -2.29. The molecule has 0 radical (unpaired) electrons. The third-order valence-electron chi connectivity index (χ3n) is 5.34. The van der Waals surface area contributed by atoms with Crippen LogP contribution in [0.4, 0.5) is 0 Å². The first-order valence-electron chi connectivity index (χ1n) is 9.99. The van der Waals surface area contributed by atoms with Gasteiger partial charge < -0.3 is 9.73 Å². The monoisotopic (exact) mass is 411 g/mol. The molecule has 29 heavy (non-hydrogen) atoms. The maximum absolute atomic E-state index is 12.5. The number of nitrogens with one attached hydrogen (secondary N) is 1. The summed E-state index contributed by atoms with van der Waals surface area (Å²) in [5, 5.41) is 12.6. The van der Waals surface area contributed by atoms with Gasteiger partial charge in [0.05, 0.1) is 18.6 Å². The Bertz CT molecular complexity index is 926. The van der Waals surface area contributed by atoms with Crippen LogP contribution in [0.25, 0.3) is 11.4 Å². The molecule has 1 N–H and O–H groups in total. The van der Waals surface area contributed by atoms with Gasteiger partial charge in [-0.1, -0.05) is 31.5 Å². The highest BCUT2D eigenvalue weighted by Crippen LogP contribution is 2.26. The van der Waals surface area contributed by atoms with Crippen LogP contribution >= 0.6 is 11.8 Å². The summed E-state index contributed by atoms with van der Waals surface area (Å²) >= 11 is 1.40. The van der Waals surface area contributed by atoms with E-state index in [1.165, 1.54) is 31.0 Å². The molecule has 0 aromatic carbocycles. The van der Waals surface area contributed by atoms with Crippen molar-refractivity contribution in [1.82, 2.24) is 25.1 Å². The predicted octanol–water partition coefficient (Wildman–Crippen LogP) is 3.77. The molecule has 4 rings (SSSR count). The molecule has 1 aliphatic rings. The van der Waals surface area contributed by atoms with Crippen molar-refractivity contribution in [2.24, 2.45) is 5.92 Å². The van der Waals surface area contributed by atoms with Crippen LogP contribution in [0.1, 0.15) is 38.4 Å². The second-order valence-corrected chi connectivity index (χ2v) is 8.37. The fourth-order valence-electron chi connectivity index (χ4n) is 3.72. The minimum atomic E-state index is 0.0479. The Labute approximate surface area is 174 Å². The highest BCUT2D eigenvalue weighted by molar-refractivity contribution is 7.99. The van der Waals surface area contributed by atoms with E-state index in [1.807, 2.05) is 28.8 Å². The van der Waals surface area contributed by atoms with Gasteiger partial charge in [-0.3, -0.25) is 14.3 Å². The number of furan rings is 1. The van der Waals surface area contributed by atoms with Crippen LogP contribution < -0.4 is 5.32 Å². The standard InChI is InChI=1S/C21H25N5O2S/c1-15-5-2-3-7-18(15)23-19(27)14-29-21-25-24-20(16-8-10-22-11-9-16)26(21)13-17-6-4-12-28-17/h4,6,8-12,15,18H,2-3,5,7,13-14H2,1H3,(H,23,27)/t15-,18+/m0/s1. The van der Waals surface area contributed by atoms with E-state index in [2.05, 4.69) is 27.4 Å². The zero-order valence-electron chi connectivity index (χ0n) is 16.5. The second-order valence-electron chi connectivity index (χ2n) is 7.43. The molecule has 1 fully saturated rings. The van der Waals surface area contributed by atoms with Crippen LogP contribution in [0.5, 0.6) is 0 Å². The van der Waals surface area contributed by atoms with E-state index in [-0.39, 0.29) is 11.9 Å². The van der Waals surface area contributed by atoms with Gasteiger partial charge in [0.15, 0.2) is 11.0 Å². The van der Waals surface area contributed by atoms with Crippen LogP contribution in [-0.2, 0) is 11.3 Å². The van der Waals surface area contributed by atoms with Crippen LogP contribution in [0.3, 0.4) is 0 Å². The van der Waals surface area contributed by atoms with Crippen LogP contribution in [0.2, 0.25) is 0 Å². The Morgan fingerprint density at radius 3 is 2.83 bits per heavy atom. The molecule has 0 aliphatic heterocycles. The second kappa shape index (κ2) is 9.26. The zero-order valence-corrected chi connectivity index (χ0v) is 17.3. The number of nitrogens with zero attached hydrogens (tertiary/aromatic N) is 4. The van der Waals surface area contributed by atoms with Crippen molar-refractivity contribution in [2.75, 3.05) is 5.75 Å². The van der Waals surface area contributed by atoms with Crippen molar-refractivity contribution >= 4 is 17.7 Å². The predicted molar refractivity (Wildman–Crippen MR) is 111 cm³/mol. The molecule has 3 heterocycles. The summed E-state index contributed by atoms with van der Waals surface area (Å²) in [6.07, 6.45) is 9.81. The van der Waals surface area contributed by atoms with Crippen molar-refractivity contribution < 1.29 is 9.21 Å². The fourth-order valence-corrected chi connectivity index (χ4v) is 4.47. The van der Waals surface area contributed by atoms with E-state index in [9.17, 15) is 4.79 Å². The highest BCUT2D eigenvalue weighted by Gasteiger charge is 2.23. The minimum Gasteiger partial charge on any atom is -0.467 e. The van der Waals surface area contributed by atoms with Crippen molar-refractivity contribution in [1.29, 1.82) is 0 Å². The van der Waals surface area contributed by atoms with Gasteiger partial charge in [0, 0.05) is 24.0 Å². The number of hydrogen-bond acceptors (Lipinski definition) is 6. The molecular weight excluding hydrogens is 386 g/mol. The van der Waals surface area contributed by atoms with Crippen molar-refractivity contribution in [3.63, 3.8) is 0 Å². The number of hydrogen-bond donors (Lipinski definition) is 1. The summed E-state index contributed by atoms with van der Waals surface area (Å²) in [6, 6.07) is 7.85. The van der Waals surface area contributed by atoms with Gasteiger partial charge in [-0.2, -0.15) is 0 Å². The molecule has 0 spiro atoms. The molecule has 1 amide bonds. The summed E-state index contributed by atoms with van der Waals surface area (Å²) in [4.78, 5) is 16.6. The molecule has 3 aromatic heterocycles. The minimum absolute atomic E-state index is 0.0479. The van der Waals surface area contributed by atoms with Crippen LogP contribution in [0.15, 0.2) is 52.5 Å². The Hall–Kier alpha value is -2.61. The van der Waals surface area contributed by atoms with Gasteiger partial charge >= 0.3 is 0 Å². The van der Waals surface area contributed by atoms with Crippen LogP contribution in [0, 0.1) is 5.92 Å². The molecule has 3 aromatic rings. The van der Waals surface area contributed by atoms with E-state index in [1.54, 1.807) is 18.7 Å². The lowest BCUT2D eigenvalue weighted by molar-refractivity contribution is -0.119. The first-order chi connectivity index (χ1) is 14.2. The average molecular weight is 412 g/mol. The Kier molecular flexibility index (Phi) is 6.29. The van der Waals surface area contributed by atoms with Crippen molar-refractivity contribution in [2.45, 2.75) is 50.4 Å². The summed E-state index contributed by atoms with van der Waals surface area (Å²) in [5.74, 6) is 2.44. The number of carbonyl (C=O) groups excluding carboxylic acids is 1. The summed E-state index contributed by atoms with van der Waals surface area (Å²) in [7, 11) is 0. The van der Waals surface area contributed by atoms with Gasteiger partial charge in [-0.15, -0.1) is 10.2 Å². The van der Waals surface area contributed by atoms with Gasteiger partial charge in [-0.25, -0.2) is 0 Å². The maximum atomic E-state index is 12.5. The summed E-state index contributed by atoms with van der Waals surface area (Å²) in [5.41, 5.74) is 0.923. The van der Waals surface area contributed by atoms with E-state index < -0.39 is 0 Å². The fraction of sp³-hybridized carbons (Fsp3) is 0.429. The molecule has 0 bridgehead atoms.